The highest BCUT2D eigenvalue weighted by molar-refractivity contribution is 5.75. The number of nitrogens with zero attached hydrogens (tertiary/aromatic N) is 3. The van der Waals surface area contributed by atoms with Crippen molar-refractivity contribution in [3.63, 3.8) is 0 Å². The Morgan fingerprint density at radius 3 is 2.89 bits per heavy atom. The molecule has 136 valence electrons. The van der Waals surface area contributed by atoms with Gasteiger partial charge in [-0.3, -0.25) is 0 Å². The molecule has 1 saturated carbocycles. The first kappa shape index (κ1) is 15.8. The van der Waals surface area contributed by atoms with E-state index in [0.29, 0.717) is 24.0 Å². The van der Waals surface area contributed by atoms with Gasteiger partial charge in [-0.05, 0) is 43.0 Å². The van der Waals surface area contributed by atoms with Crippen molar-refractivity contribution in [3.05, 3.63) is 58.5 Å². The molecule has 0 aliphatic heterocycles. The average molecular weight is 363 g/mol. The second kappa shape index (κ2) is 6.39. The fourth-order valence-electron chi connectivity index (χ4n) is 3.08. The summed E-state index contributed by atoms with van der Waals surface area (Å²) in [5.74, 6) is 1.59. The molecule has 4 aromatic rings. The second-order valence-corrected chi connectivity index (χ2v) is 6.70. The van der Waals surface area contributed by atoms with Gasteiger partial charge in [-0.15, -0.1) is 0 Å². The van der Waals surface area contributed by atoms with E-state index in [9.17, 15) is 4.79 Å². The van der Waals surface area contributed by atoms with Crippen LogP contribution >= 0.6 is 0 Å². The lowest BCUT2D eigenvalue weighted by molar-refractivity contribution is 0.115. The minimum absolute atomic E-state index is 0.222. The number of nitrogens with one attached hydrogen (secondary N) is 2. The first-order chi connectivity index (χ1) is 13.2. The van der Waals surface area contributed by atoms with Crippen LogP contribution < -0.4 is 10.4 Å². The Balaban J connectivity index is 1.35. The van der Waals surface area contributed by atoms with Crippen LogP contribution in [0.25, 0.3) is 22.4 Å². The summed E-state index contributed by atoms with van der Waals surface area (Å²) in [6.45, 7) is 0. The molecule has 2 N–H and O–H groups in total. The number of imidazole rings is 1. The monoisotopic (exact) mass is 363 g/mol. The first-order valence-electron chi connectivity index (χ1n) is 8.89. The van der Waals surface area contributed by atoms with Crippen molar-refractivity contribution >= 4 is 11.0 Å². The summed E-state index contributed by atoms with van der Waals surface area (Å²) in [6, 6.07) is 9.34. The number of pyridine rings is 1. The maximum atomic E-state index is 11.4. The molecule has 1 aliphatic carbocycles. The molecule has 1 fully saturated rings. The Hall–Kier alpha value is -3.42. The van der Waals surface area contributed by atoms with Crippen molar-refractivity contribution < 1.29 is 9.26 Å². The van der Waals surface area contributed by atoms with Gasteiger partial charge in [-0.2, -0.15) is 4.98 Å². The Bertz CT molecular complexity index is 1160. The number of rotatable bonds is 5. The van der Waals surface area contributed by atoms with E-state index in [1.807, 2.05) is 30.3 Å². The van der Waals surface area contributed by atoms with Crippen molar-refractivity contribution in [2.75, 3.05) is 0 Å². The minimum atomic E-state index is -0.222. The third-order valence-corrected chi connectivity index (χ3v) is 4.74. The predicted octanol–water partition coefficient (Wildman–Crippen LogP) is 2.82. The largest absolute Gasteiger partial charge is 0.474 e. The predicted molar refractivity (Wildman–Crippen MR) is 97.5 cm³/mol. The molecule has 0 unspecified atom stereocenters. The van der Waals surface area contributed by atoms with Gasteiger partial charge < -0.3 is 19.2 Å². The van der Waals surface area contributed by atoms with Crippen molar-refractivity contribution in [2.24, 2.45) is 0 Å². The van der Waals surface area contributed by atoms with Crippen molar-refractivity contribution in [3.8, 4) is 17.3 Å². The molecule has 27 heavy (non-hydrogen) atoms. The molecule has 0 radical (unpaired) electrons. The van der Waals surface area contributed by atoms with Gasteiger partial charge in [0, 0.05) is 17.8 Å². The summed E-state index contributed by atoms with van der Waals surface area (Å²) in [5, 5.41) is 4.07. The molecule has 3 heterocycles. The van der Waals surface area contributed by atoms with Crippen LogP contribution in [0.3, 0.4) is 0 Å². The quantitative estimate of drug-likeness (QED) is 0.564. The van der Waals surface area contributed by atoms with Crippen LogP contribution in [0, 0.1) is 0 Å². The molecule has 8 heteroatoms. The molecular weight excluding hydrogens is 346 g/mol. The van der Waals surface area contributed by atoms with E-state index in [2.05, 4.69) is 25.1 Å². The molecule has 0 saturated heterocycles. The maximum absolute atomic E-state index is 11.4. The van der Waals surface area contributed by atoms with Gasteiger partial charge in [-0.25, -0.2) is 9.78 Å². The maximum Gasteiger partial charge on any atom is 0.323 e. The summed E-state index contributed by atoms with van der Waals surface area (Å²) >= 11 is 0. The van der Waals surface area contributed by atoms with Crippen LogP contribution in [0.2, 0.25) is 0 Å². The number of ether oxygens (including phenoxy) is 1. The average Bonchev–Trinajstić information content (AvgIpc) is 3.24. The Morgan fingerprint density at radius 1 is 1.15 bits per heavy atom. The van der Waals surface area contributed by atoms with E-state index in [4.69, 9.17) is 9.26 Å². The number of aromatic amines is 2. The lowest BCUT2D eigenvalue weighted by Crippen LogP contribution is -2.24. The van der Waals surface area contributed by atoms with Crippen molar-refractivity contribution in [1.82, 2.24) is 25.1 Å². The number of benzene rings is 1. The van der Waals surface area contributed by atoms with E-state index in [1.54, 1.807) is 6.20 Å². The molecule has 8 nitrogen and oxygen atoms in total. The smallest absolute Gasteiger partial charge is 0.323 e. The molecular formula is C19H17N5O3. The Kier molecular flexibility index (Phi) is 3.74. The van der Waals surface area contributed by atoms with Crippen LogP contribution in [0.4, 0.5) is 0 Å². The standard InChI is InChI=1S/C19H17N5O3/c25-19-21-14-5-4-11(8-15(14)22-19)9-17-23-18(24-27-17)12-6-7-20-16(10-12)26-13-2-1-3-13/h4-8,10,13H,1-3,9H2,(H2,21,22,25). The Labute approximate surface area is 153 Å². The van der Waals surface area contributed by atoms with E-state index in [0.717, 1.165) is 35.0 Å². The zero-order valence-corrected chi connectivity index (χ0v) is 14.4. The third kappa shape index (κ3) is 3.21. The molecule has 3 aromatic heterocycles. The molecule has 0 spiro atoms. The number of H-pyrrole nitrogens is 2. The number of hydrogen-bond donors (Lipinski definition) is 2. The van der Waals surface area contributed by atoms with Crippen LogP contribution in [0.5, 0.6) is 5.88 Å². The van der Waals surface area contributed by atoms with E-state index < -0.39 is 0 Å². The number of aromatic nitrogens is 5. The molecule has 1 aliphatic rings. The summed E-state index contributed by atoms with van der Waals surface area (Å²) in [5.41, 5.74) is 3.08. The van der Waals surface area contributed by atoms with Crippen LogP contribution in [0.1, 0.15) is 30.7 Å². The number of hydrogen-bond acceptors (Lipinski definition) is 6. The van der Waals surface area contributed by atoms with Gasteiger partial charge in [0.2, 0.25) is 17.6 Å². The number of fused-ring (bicyclic) bond motifs is 1. The van der Waals surface area contributed by atoms with Gasteiger partial charge in [-0.1, -0.05) is 11.2 Å². The van der Waals surface area contributed by atoms with Gasteiger partial charge in [0.25, 0.3) is 0 Å². The zero-order valence-electron chi connectivity index (χ0n) is 14.4. The van der Waals surface area contributed by atoms with Gasteiger partial charge >= 0.3 is 5.69 Å². The lowest BCUT2D eigenvalue weighted by atomic mass is 9.96. The van der Waals surface area contributed by atoms with E-state index in [-0.39, 0.29) is 11.8 Å². The molecule has 5 rings (SSSR count). The summed E-state index contributed by atoms with van der Waals surface area (Å²) in [4.78, 5) is 25.6. The highest BCUT2D eigenvalue weighted by atomic mass is 16.5. The lowest BCUT2D eigenvalue weighted by Gasteiger charge is -2.25. The van der Waals surface area contributed by atoms with E-state index in [1.165, 1.54) is 6.42 Å². The van der Waals surface area contributed by atoms with Gasteiger partial charge in [0.1, 0.15) is 6.10 Å². The molecule has 0 bridgehead atoms. The highest BCUT2D eigenvalue weighted by Gasteiger charge is 2.20. The summed E-state index contributed by atoms with van der Waals surface area (Å²) in [7, 11) is 0. The highest BCUT2D eigenvalue weighted by Crippen LogP contribution is 2.26. The fourth-order valence-corrected chi connectivity index (χ4v) is 3.08. The van der Waals surface area contributed by atoms with Crippen LogP contribution in [-0.4, -0.2) is 31.2 Å². The summed E-state index contributed by atoms with van der Waals surface area (Å²) in [6.07, 6.45) is 5.80. The van der Waals surface area contributed by atoms with Crippen LogP contribution in [-0.2, 0) is 6.42 Å². The normalized spacial score (nSPS) is 14.4. The minimum Gasteiger partial charge on any atom is -0.474 e. The third-order valence-electron chi connectivity index (χ3n) is 4.74. The topological polar surface area (TPSA) is 110 Å². The van der Waals surface area contributed by atoms with Gasteiger partial charge in [0.05, 0.1) is 17.5 Å². The van der Waals surface area contributed by atoms with E-state index >= 15 is 0 Å². The molecule has 0 atom stereocenters. The fraction of sp³-hybridized carbons (Fsp3) is 0.263. The zero-order chi connectivity index (χ0) is 18.2. The van der Waals surface area contributed by atoms with Crippen molar-refractivity contribution in [2.45, 2.75) is 31.8 Å². The second-order valence-electron chi connectivity index (χ2n) is 6.70. The molecule has 0 amide bonds. The van der Waals surface area contributed by atoms with Crippen LogP contribution in [0.15, 0.2) is 45.8 Å². The summed E-state index contributed by atoms with van der Waals surface area (Å²) < 4.78 is 11.2. The SMILES string of the molecule is O=c1[nH]c2ccc(Cc3nc(-c4ccnc(OC5CCC5)c4)no3)cc2[nH]1. The van der Waals surface area contributed by atoms with Crippen molar-refractivity contribution in [1.29, 1.82) is 0 Å². The van der Waals surface area contributed by atoms with Gasteiger partial charge in [0.15, 0.2) is 0 Å². The molecule has 1 aromatic carbocycles. The first-order valence-corrected chi connectivity index (χ1v) is 8.89. The Morgan fingerprint density at radius 2 is 2.04 bits per heavy atom.